The molecule has 0 aromatic carbocycles. The van der Waals surface area contributed by atoms with Gasteiger partial charge in [-0.1, -0.05) is 68.4 Å². The molecule has 0 aliphatic rings. The molecule has 0 spiro atoms. The van der Waals surface area contributed by atoms with E-state index in [-0.39, 0.29) is 12.2 Å². The SMILES string of the molecule is CCCCC/C=C\C/C=C\C/C=C\C/C=C\CCCC(=O)CCCC(=O)O. The van der Waals surface area contributed by atoms with Gasteiger partial charge in [-0.25, -0.2) is 0 Å². The van der Waals surface area contributed by atoms with E-state index in [1.807, 2.05) is 0 Å². The fraction of sp³-hybridized carbons (Fsp3) is 0.583. The summed E-state index contributed by atoms with van der Waals surface area (Å²) in [6.07, 6.45) is 28.8. The van der Waals surface area contributed by atoms with E-state index in [9.17, 15) is 9.59 Å². The predicted molar refractivity (Wildman–Crippen MR) is 115 cm³/mol. The number of carbonyl (C=O) groups excluding carboxylic acids is 1. The van der Waals surface area contributed by atoms with Crippen molar-refractivity contribution in [2.24, 2.45) is 0 Å². The number of Topliss-reactive ketones (excluding diaryl/α,β-unsaturated/α-hetero) is 1. The second-order valence-electron chi connectivity index (χ2n) is 6.77. The molecule has 1 N–H and O–H groups in total. The maximum absolute atomic E-state index is 11.5. The molecule has 0 rings (SSSR count). The molecule has 0 aromatic heterocycles. The second-order valence-corrected chi connectivity index (χ2v) is 6.77. The Bertz CT molecular complexity index is 484. The topological polar surface area (TPSA) is 54.4 Å². The van der Waals surface area contributed by atoms with E-state index in [1.165, 1.54) is 25.7 Å². The van der Waals surface area contributed by atoms with Gasteiger partial charge < -0.3 is 5.11 Å². The van der Waals surface area contributed by atoms with Crippen molar-refractivity contribution in [3.05, 3.63) is 48.6 Å². The van der Waals surface area contributed by atoms with Crippen LogP contribution in [0.5, 0.6) is 0 Å². The molecule has 152 valence electrons. The summed E-state index contributed by atoms with van der Waals surface area (Å²) in [4.78, 5) is 21.9. The van der Waals surface area contributed by atoms with E-state index < -0.39 is 5.97 Å². The van der Waals surface area contributed by atoms with E-state index in [0.717, 1.165) is 32.1 Å². The maximum atomic E-state index is 11.5. The average Bonchev–Trinajstić information content (AvgIpc) is 2.64. The number of allylic oxidation sites excluding steroid dienone is 8. The molecule has 0 atom stereocenters. The summed E-state index contributed by atoms with van der Waals surface area (Å²) in [5, 5.41) is 8.53. The Hall–Kier alpha value is -1.90. The summed E-state index contributed by atoms with van der Waals surface area (Å²) in [5.41, 5.74) is 0. The van der Waals surface area contributed by atoms with Crippen LogP contribution in [0.1, 0.15) is 90.4 Å². The monoisotopic (exact) mass is 374 g/mol. The number of rotatable bonds is 18. The highest BCUT2D eigenvalue weighted by molar-refractivity contribution is 5.78. The average molecular weight is 375 g/mol. The van der Waals surface area contributed by atoms with Crippen LogP contribution in [0.15, 0.2) is 48.6 Å². The van der Waals surface area contributed by atoms with Gasteiger partial charge in [0.2, 0.25) is 0 Å². The van der Waals surface area contributed by atoms with Crippen LogP contribution in [-0.2, 0) is 9.59 Å². The minimum Gasteiger partial charge on any atom is -0.481 e. The summed E-state index contributed by atoms with van der Waals surface area (Å²) in [7, 11) is 0. The highest BCUT2D eigenvalue weighted by atomic mass is 16.4. The molecule has 3 heteroatoms. The van der Waals surface area contributed by atoms with Crippen molar-refractivity contribution in [3.8, 4) is 0 Å². The van der Waals surface area contributed by atoms with Gasteiger partial charge in [-0.2, -0.15) is 0 Å². The fourth-order valence-corrected chi connectivity index (χ4v) is 2.54. The normalized spacial score (nSPS) is 12.2. The van der Waals surface area contributed by atoms with Crippen molar-refractivity contribution in [2.45, 2.75) is 90.4 Å². The fourth-order valence-electron chi connectivity index (χ4n) is 2.54. The Morgan fingerprint density at radius 1 is 0.630 bits per heavy atom. The van der Waals surface area contributed by atoms with Crippen LogP contribution in [0.25, 0.3) is 0 Å². The first-order valence-electron chi connectivity index (χ1n) is 10.5. The van der Waals surface area contributed by atoms with Crippen LogP contribution >= 0.6 is 0 Å². The molecule has 0 saturated heterocycles. The Kier molecular flexibility index (Phi) is 19.0. The molecular weight excluding hydrogens is 336 g/mol. The molecule has 0 aromatic rings. The maximum Gasteiger partial charge on any atom is 0.303 e. The Morgan fingerprint density at radius 2 is 1.11 bits per heavy atom. The molecule has 0 bridgehead atoms. The van der Waals surface area contributed by atoms with Gasteiger partial charge in [-0.15, -0.1) is 0 Å². The van der Waals surface area contributed by atoms with Crippen molar-refractivity contribution in [1.29, 1.82) is 0 Å². The summed E-state index contributed by atoms with van der Waals surface area (Å²) < 4.78 is 0. The molecule has 27 heavy (non-hydrogen) atoms. The minimum absolute atomic E-state index is 0.0862. The van der Waals surface area contributed by atoms with Gasteiger partial charge in [0.05, 0.1) is 0 Å². The number of carboxylic acids is 1. The summed E-state index contributed by atoms with van der Waals surface area (Å²) in [6, 6.07) is 0. The van der Waals surface area contributed by atoms with Gasteiger partial charge in [0.25, 0.3) is 0 Å². The first-order chi connectivity index (χ1) is 13.2. The highest BCUT2D eigenvalue weighted by Crippen LogP contribution is 2.05. The van der Waals surface area contributed by atoms with Gasteiger partial charge in [-0.05, 0) is 51.4 Å². The number of unbranched alkanes of at least 4 members (excludes halogenated alkanes) is 4. The highest BCUT2D eigenvalue weighted by Gasteiger charge is 2.03. The molecule has 0 radical (unpaired) electrons. The van der Waals surface area contributed by atoms with Gasteiger partial charge >= 0.3 is 5.97 Å². The molecule has 0 aliphatic heterocycles. The third kappa shape index (κ3) is 22.1. The third-order valence-corrected chi connectivity index (χ3v) is 4.13. The summed E-state index contributed by atoms with van der Waals surface area (Å²) >= 11 is 0. The smallest absolute Gasteiger partial charge is 0.303 e. The Labute approximate surface area is 165 Å². The Morgan fingerprint density at radius 3 is 1.63 bits per heavy atom. The summed E-state index contributed by atoms with van der Waals surface area (Å²) in [6.45, 7) is 2.23. The molecule has 0 fully saturated rings. The van der Waals surface area contributed by atoms with Crippen LogP contribution in [0.2, 0.25) is 0 Å². The van der Waals surface area contributed by atoms with E-state index in [1.54, 1.807) is 0 Å². The van der Waals surface area contributed by atoms with Crippen LogP contribution in [0.3, 0.4) is 0 Å². The first kappa shape index (κ1) is 25.1. The second kappa shape index (κ2) is 20.4. The van der Waals surface area contributed by atoms with Crippen LogP contribution in [0.4, 0.5) is 0 Å². The molecule has 3 nitrogen and oxygen atoms in total. The van der Waals surface area contributed by atoms with E-state index in [2.05, 4.69) is 55.5 Å². The quantitative estimate of drug-likeness (QED) is 0.208. The van der Waals surface area contributed by atoms with Gasteiger partial charge in [0, 0.05) is 19.3 Å². The van der Waals surface area contributed by atoms with E-state index in [0.29, 0.717) is 19.3 Å². The largest absolute Gasteiger partial charge is 0.481 e. The van der Waals surface area contributed by atoms with Crippen LogP contribution < -0.4 is 0 Å². The molecular formula is C24H38O3. The lowest BCUT2D eigenvalue weighted by Gasteiger charge is -1.98. The van der Waals surface area contributed by atoms with Gasteiger partial charge in [0.1, 0.15) is 5.78 Å². The summed E-state index contributed by atoms with van der Waals surface area (Å²) in [5.74, 6) is -0.656. The first-order valence-corrected chi connectivity index (χ1v) is 10.5. The van der Waals surface area contributed by atoms with Crippen molar-refractivity contribution in [2.75, 3.05) is 0 Å². The zero-order chi connectivity index (χ0) is 20.0. The number of hydrogen-bond acceptors (Lipinski definition) is 2. The number of hydrogen-bond donors (Lipinski definition) is 1. The van der Waals surface area contributed by atoms with Crippen LogP contribution in [-0.4, -0.2) is 16.9 Å². The number of ketones is 1. The minimum atomic E-state index is -0.830. The molecule has 0 amide bonds. The van der Waals surface area contributed by atoms with E-state index >= 15 is 0 Å². The number of carboxylic acid groups (broad SMARTS) is 1. The van der Waals surface area contributed by atoms with Crippen molar-refractivity contribution >= 4 is 11.8 Å². The third-order valence-electron chi connectivity index (χ3n) is 4.13. The lowest BCUT2D eigenvalue weighted by molar-refractivity contribution is -0.137. The lowest BCUT2D eigenvalue weighted by atomic mass is 10.1. The molecule has 0 saturated carbocycles. The van der Waals surface area contributed by atoms with Crippen molar-refractivity contribution < 1.29 is 14.7 Å². The van der Waals surface area contributed by atoms with Gasteiger partial charge in [0.15, 0.2) is 0 Å². The number of aliphatic carboxylic acids is 1. The van der Waals surface area contributed by atoms with Crippen molar-refractivity contribution in [3.63, 3.8) is 0 Å². The van der Waals surface area contributed by atoms with Crippen LogP contribution in [0, 0.1) is 0 Å². The van der Waals surface area contributed by atoms with Crippen molar-refractivity contribution in [1.82, 2.24) is 0 Å². The number of carbonyl (C=O) groups is 2. The van der Waals surface area contributed by atoms with E-state index in [4.69, 9.17) is 5.11 Å². The molecule has 0 heterocycles. The molecule has 0 aliphatic carbocycles. The Balaban J connectivity index is 3.48. The lowest BCUT2D eigenvalue weighted by Crippen LogP contribution is -2.00. The zero-order valence-electron chi connectivity index (χ0n) is 17.1. The molecule has 0 unspecified atom stereocenters. The standard InChI is InChI=1S/C24H38O3/c1-2-3-4-5-6-7-8-9-10-11-12-13-14-15-16-17-18-20-23(25)21-19-22-24(26)27/h6-7,9-10,12-13,15-16H,2-5,8,11,14,17-22H2,1H3,(H,26,27)/b7-6-,10-9-,13-12-,16-15-. The van der Waals surface area contributed by atoms with Gasteiger partial charge in [-0.3, -0.25) is 9.59 Å². The predicted octanol–water partition coefficient (Wildman–Crippen LogP) is 6.96. The zero-order valence-corrected chi connectivity index (χ0v) is 17.1.